The van der Waals surface area contributed by atoms with E-state index in [-0.39, 0.29) is 0 Å². The topological polar surface area (TPSA) is 79.4 Å². The zero-order valence-corrected chi connectivity index (χ0v) is 13.2. The maximum Gasteiger partial charge on any atom is 0.243 e. The van der Waals surface area contributed by atoms with Gasteiger partial charge in [-0.05, 0) is 38.3 Å². The van der Waals surface area contributed by atoms with E-state index < -0.39 is 21.0 Å². The quantitative estimate of drug-likeness (QED) is 0.910. The number of carbonyl (C=O) groups is 1. The van der Waals surface area contributed by atoms with Crippen LogP contribution in [-0.4, -0.2) is 43.9 Å². The molecule has 7 heteroatoms. The standard InChI is InChI=1S/C14H21N3O3S/c1-11(21(2,19)20)14(18)16-13-7-6-12(10-15-13)17-8-4-3-5-9-17/h6-7,10-11H,3-5,8-9H2,1-2H3,(H,15,16,18). The summed E-state index contributed by atoms with van der Waals surface area (Å²) in [4.78, 5) is 18.3. The smallest absolute Gasteiger partial charge is 0.243 e. The van der Waals surface area contributed by atoms with Crippen molar-refractivity contribution in [3.05, 3.63) is 18.3 Å². The highest BCUT2D eigenvalue weighted by Gasteiger charge is 2.23. The molecule has 1 aromatic heterocycles. The molecule has 0 spiro atoms. The van der Waals surface area contributed by atoms with Gasteiger partial charge in [-0.3, -0.25) is 4.79 Å². The molecule has 0 radical (unpaired) electrons. The second kappa shape index (κ2) is 6.43. The fraction of sp³-hybridized carbons (Fsp3) is 0.571. The zero-order chi connectivity index (χ0) is 15.5. The number of pyridine rings is 1. The monoisotopic (exact) mass is 311 g/mol. The highest BCUT2D eigenvalue weighted by molar-refractivity contribution is 7.92. The molecule has 0 bridgehead atoms. The van der Waals surface area contributed by atoms with Crippen molar-refractivity contribution in [1.29, 1.82) is 0 Å². The second-order valence-electron chi connectivity index (χ2n) is 5.41. The Morgan fingerprint density at radius 2 is 1.95 bits per heavy atom. The largest absolute Gasteiger partial charge is 0.370 e. The molecule has 0 saturated carbocycles. The average Bonchev–Trinajstić information content (AvgIpc) is 2.47. The fourth-order valence-electron chi connectivity index (χ4n) is 2.22. The molecule has 1 N–H and O–H groups in total. The molecule has 116 valence electrons. The van der Waals surface area contributed by atoms with Gasteiger partial charge in [0.05, 0.1) is 11.9 Å². The highest BCUT2D eigenvalue weighted by atomic mass is 32.2. The summed E-state index contributed by atoms with van der Waals surface area (Å²) in [7, 11) is -3.40. The molecular weight excluding hydrogens is 290 g/mol. The fourth-order valence-corrected chi connectivity index (χ4v) is 2.67. The number of nitrogens with one attached hydrogen (secondary N) is 1. The lowest BCUT2D eigenvalue weighted by Gasteiger charge is -2.28. The lowest BCUT2D eigenvalue weighted by atomic mass is 10.1. The minimum Gasteiger partial charge on any atom is -0.370 e. The predicted octanol–water partition coefficient (Wildman–Crippen LogP) is 1.44. The van der Waals surface area contributed by atoms with Crippen LogP contribution in [0.25, 0.3) is 0 Å². The van der Waals surface area contributed by atoms with Gasteiger partial charge in [-0.1, -0.05) is 0 Å². The third-order valence-electron chi connectivity index (χ3n) is 3.73. The van der Waals surface area contributed by atoms with Crippen molar-refractivity contribution in [3.63, 3.8) is 0 Å². The number of carbonyl (C=O) groups excluding carboxylic acids is 1. The molecule has 0 aliphatic carbocycles. The number of hydrogen-bond acceptors (Lipinski definition) is 5. The molecule has 2 heterocycles. The number of aromatic nitrogens is 1. The molecule has 1 unspecified atom stereocenters. The van der Waals surface area contributed by atoms with E-state index in [2.05, 4.69) is 15.2 Å². The molecule has 1 aromatic rings. The Morgan fingerprint density at radius 1 is 1.29 bits per heavy atom. The van der Waals surface area contributed by atoms with Crippen molar-refractivity contribution in [3.8, 4) is 0 Å². The summed E-state index contributed by atoms with van der Waals surface area (Å²) < 4.78 is 22.7. The van der Waals surface area contributed by atoms with Gasteiger partial charge in [-0.25, -0.2) is 13.4 Å². The molecule has 1 atom stereocenters. The van der Waals surface area contributed by atoms with Gasteiger partial charge < -0.3 is 10.2 Å². The van der Waals surface area contributed by atoms with Crippen LogP contribution in [0.5, 0.6) is 0 Å². The van der Waals surface area contributed by atoms with Gasteiger partial charge in [-0.2, -0.15) is 0 Å². The molecule has 1 saturated heterocycles. The van der Waals surface area contributed by atoms with Crippen LogP contribution in [0.2, 0.25) is 0 Å². The third kappa shape index (κ3) is 4.17. The normalized spacial score (nSPS) is 17.3. The summed E-state index contributed by atoms with van der Waals surface area (Å²) in [6.45, 7) is 3.42. The van der Waals surface area contributed by atoms with Gasteiger partial charge in [0.2, 0.25) is 5.91 Å². The minimum atomic E-state index is -3.40. The van der Waals surface area contributed by atoms with Crippen molar-refractivity contribution >= 4 is 27.2 Å². The van der Waals surface area contributed by atoms with Crippen molar-refractivity contribution in [2.45, 2.75) is 31.4 Å². The number of hydrogen-bond donors (Lipinski definition) is 1. The molecule has 21 heavy (non-hydrogen) atoms. The summed E-state index contributed by atoms with van der Waals surface area (Å²) >= 11 is 0. The number of nitrogens with zero attached hydrogens (tertiary/aromatic N) is 2. The first-order valence-corrected chi connectivity index (χ1v) is 9.04. The van der Waals surface area contributed by atoms with Crippen LogP contribution in [0.3, 0.4) is 0 Å². The number of anilines is 2. The first-order valence-electron chi connectivity index (χ1n) is 7.08. The van der Waals surface area contributed by atoms with Crippen molar-refractivity contribution in [2.75, 3.05) is 29.6 Å². The Balaban J connectivity index is 2.00. The van der Waals surface area contributed by atoms with E-state index >= 15 is 0 Å². The summed E-state index contributed by atoms with van der Waals surface area (Å²) in [5.74, 6) is -0.188. The van der Waals surface area contributed by atoms with Gasteiger partial charge in [0.1, 0.15) is 11.1 Å². The van der Waals surface area contributed by atoms with E-state index in [1.165, 1.54) is 26.2 Å². The summed E-state index contributed by atoms with van der Waals surface area (Å²) in [5, 5.41) is 1.45. The minimum absolute atomic E-state index is 0.372. The maximum atomic E-state index is 11.8. The van der Waals surface area contributed by atoms with Crippen LogP contribution in [0.15, 0.2) is 18.3 Å². The van der Waals surface area contributed by atoms with E-state index in [4.69, 9.17) is 0 Å². The number of rotatable bonds is 4. The highest BCUT2D eigenvalue weighted by Crippen LogP contribution is 2.20. The van der Waals surface area contributed by atoms with Crippen LogP contribution in [0, 0.1) is 0 Å². The van der Waals surface area contributed by atoms with E-state index in [1.54, 1.807) is 12.3 Å². The van der Waals surface area contributed by atoms with Crippen molar-refractivity contribution in [2.24, 2.45) is 0 Å². The average molecular weight is 311 g/mol. The number of sulfone groups is 1. The predicted molar refractivity (Wildman–Crippen MR) is 83.2 cm³/mol. The van der Waals surface area contributed by atoms with Crippen LogP contribution in [0.4, 0.5) is 11.5 Å². The summed E-state index contributed by atoms with van der Waals surface area (Å²) in [5.41, 5.74) is 1.03. The van der Waals surface area contributed by atoms with E-state index in [0.29, 0.717) is 5.82 Å². The van der Waals surface area contributed by atoms with Crippen LogP contribution < -0.4 is 10.2 Å². The SMILES string of the molecule is CC(C(=O)Nc1ccc(N2CCCCC2)cn1)S(C)(=O)=O. The van der Waals surface area contributed by atoms with Gasteiger partial charge >= 0.3 is 0 Å². The summed E-state index contributed by atoms with van der Waals surface area (Å²) in [6.07, 6.45) is 6.40. The molecule has 2 rings (SSSR count). The first kappa shape index (κ1) is 15.8. The molecule has 1 aliphatic heterocycles. The molecule has 1 aliphatic rings. The molecule has 1 amide bonds. The zero-order valence-electron chi connectivity index (χ0n) is 12.4. The third-order valence-corrected chi connectivity index (χ3v) is 5.23. The molecule has 1 fully saturated rings. The number of amides is 1. The van der Waals surface area contributed by atoms with Gasteiger partial charge in [0.25, 0.3) is 0 Å². The van der Waals surface area contributed by atoms with E-state index in [0.717, 1.165) is 25.0 Å². The second-order valence-corrected chi connectivity index (χ2v) is 7.78. The number of piperidine rings is 1. The Bertz CT molecular complexity index is 592. The van der Waals surface area contributed by atoms with Crippen LogP contribution in [0.1, 0.15) is 26.2 Å². The Labute approximate surface area is 125 Å². The Hall–Kier alpha value is -1.63. The molecular formula is C14H21N3O3S. The van der Waals surface area contributed by atoms with E-state index in [9.17, 15) is 13.2 Å². The Kier molecular flexibility index (Phi) is 4.82. The molecule has 6 nitrogen and oxygen atoms in total. The van der Waals surface area contributed by atoms with Gasteiger partial charge in [0.15, 0.2) is 9.84 Å². The maximum absolute atomic E-state index is 11.8. The summed E-state index contributed by atoms with van der Waals surface area (Å²) in [6, 6.07) is 3.61. The van der Waals surface area contributed by atoms with Crippen LogP contribution >= 0.6 is 0 Å². The van der Waals surface area contributed by atoms with Gasteiger partial charge in [0, 0.05) is 19.3 Å². The van der Waals surface area contributed by atoms with Gasteiger partial charge in [-0.15, -0.1) is 0 Å². The first-order chi connectivity index (χ1) is 9.88. The van der Waals surface area contributed by atoms with Crippen molar-refractivity contribution < 1.29 is 13.2 Å². The van der Waals surface area contributed by atoms with E-state index in [1.807, 2.05) is 6.07 Å². The lowest BCUT2D eigenvalue weighted by Crippen LogP contribution is -2.32. The molecule has 0 aromatic carbocycles. The Morgan fingerprint density at radius 3 is 2.48 bits per heavy atom. The van der Waals surface area contributed by atoms with Crippen LogP contribution in [-0.2, 0) is 14.6 Å². The lowest BCUT2D eigenvalue weighted by molar-refractivity contribution is -0.115. The van der Waals surface area contributed by atoms with Crippen molar-refractivity contribution in [1.82, 2.24) is 4.98 Å².